The van der Waals surface area contributed by atoms with Crippen LogP contribution in [0.1, 0.15) is 19.5 Å². The van der Waals surface area contributed by atoms with E-state index in [0.29, 0.717) is 5.41 Å². The first-order valence-electron chi connectivity index (χ1n) is 7.90. The first-order valence-corrected chi connectivity index (χ1v) is 7.90. The number of fused-ring (bicyclic) bond motifs is 1. The molecule has 0 N–H and O–H groups in total. The third-order valence-corrected chi connectivity index (χ3v) is 4.47. The second-order valence-electron chi connectivity index (χ2n) is 6.97. The molecule has 0 saturated carbocycles. The standard InChI is InChI=1S/C21H20N/c1-21(2)13-19-20(17-11-7-4-8-12-17)18(14-22(19)15-21)16-9-5-3-6-10-16/h3-12H,13,15H2,1-2H3. The van der Waals surface area contributed by atoms with E-state index in [0.717, 1.165) is 13.0 Å². The molecule has 1 aliphatic heterocycles. The maximum Gasteiger partial charge on any atom is 0.0743 e. The van der Waals surface area contributed by atoms with Crippen LogP contribution in [0.5, 0.6) is 0 Å². The highest BCUT2D eigenvalue weighted by Gasteiger charge is 2.32. The van der Waals surface area contributed by atoms with Crippen molar-refractivity contribution in [1.82, 2.24) is 4.57 Å². The molecule has 0 amide bonds. The van der Waals surface area contributed by atoms with E-state index in [9.17, 15) is 0 Å². The number of benzene rings is 2. The molecule has 0 atom stereocenters. The van der Waals surface area contributed by atoms with E-state index in [4.69, 9.17) is 0 Å². The summed E-state index contributed by atoms with van der Waals surface area (Å²) in [6, 6.07) is 21.4. The molecular weight excluding hydrogens is 266 g/mol. The highest BCUT2D eigenvalue weighted by atomic mass is 15.0. The van der Waals surface area contributed by atoms with E-state index in [1.54, 1.807) is 0 Å². The molecule has 0 fully saturated rings. The van der Waals surface area contributed by atoms with Gasteiger partial charge >= 0.3 is 0 Å². The van der Waals surface area contributed by atoms with Crippen LogP contribution in [0.25, 0.3) is 22.3 Å². The number of hydrogen-bond acceptors (Lipinski definition) is 0. The van der Waals surface area contributed by atoms with Crippen LogP contribution in [0, 0.1) is 11.6 Å². The normalized spacial score (nSPS) is 15.7. The Balaban J connectivity index is 1.95. The zero-order valence-electron chi connectivity index (χ0n) is 13.1. The molecule has 3 aromatic rings. The van der Waals surface area contributed by atoms with Gasteiger partial charge in [0.1, 0.15) is 0 Å². The number of nitrogens with zero attached hydrogens (tertiary/aromatic N) is 1. The summed E-state index contributed by atoms with van der Waals surface area (Å²) >= 11 is 0. The Labute approximate surface area is 132 Å². The van der Waals surface area contributed by atoms with Crippen LogP contribution in [0.2, 0.25) is 0 Å². The van der Waals surface area contributed by atoms with Crippen molar-refractivity contribution in [3.05, 3.63) is 72.6 Å². The summed E-state index contributed by atoms with van der Waals surface area (Å²) in [5.41, 5.74) is 6.89. The summed E-state index contributed by atoms with van der Waals surface area (Å²) in [5, 5.41) is 0. The Morgan fingerprint density at radius 3 is 2.09 bits per heavy atom. The van der Waals surface area contributed by atoms with E-state index in [2.05, 4.69) is 85.3 Å². The molecule has 0 saturated heterocycles. The molecule has 22 heavy (non-hydrogen) atoms. The average molecular weight is 286 g/mol. The van der Waals surface area contributed by atoms with Gasteiger partial charge in [0.25, 0.3) is 0 Å². The van der Waals surface area contributed by atoms with E-state index in [1.165, 1.54) is 27.9 Å². The minimum absolute atomic E-state index is 0.324. The van der Waals surface area contributed by atoms with Crippen LogP contribution < -0.4 is 0 Å². The zero-order chi connectivity index (χ0) is 15.2. The Kier molecular flexibility index (Phi) is 2.97. The van der Waals surface area contributed by atoms with Gasteiger partial charge in [0.15, 0.2) is 0 Å². The molecule has 0 spiro atoms. The third-order valence-electron chi connectivity index (χ3n) is 4.47. The molecule has 109 valence electrons. The topological polar surface area (TPSA) is 4.93 Å². The van der Waals surface area contributed by atoms with Gasteiger partial charge in [0.05, 0.1) is 6.20 Å². The van der Waals surface area contributed by atoms with Gasteiger partial charge in [-0.25, -0.2) is 0 Å². The lowest BCUT2D eigenvalue weighted by Gasteiger charge is -2.16. The van der Waals surface area contributed by atoms with Crippen molar-refractivity contribution >= 4 is 0 Å². The Bertz CT molecular complexity index is 795. The molecule has 1 heteroatoms. The lowest BCUT2D eigenvalue weighted by molar-refractivity contribution is 0.358. The van der Waals surface area contributed by atoms with Crippen molar-refractivity contribution in [2.75, 3.05) is 0 Å². The van der Waals surface area contributed by atoms with Crippen molar-refractivity contribution in [3.63, 3.8) is 0 Å². The van der Waals surface area contributed by atoms with E-state index < -0.39 is 0 Å². The van der Waals surface area contributed by atoms with Crippen LogP contribution >= 0.6 is 0 Å². The fraction of sp³-hybridized carbons (Fsp3) is 0.238. The van der Waals surface area contributed by atoms with E-state index in [1.807, 2.05) is 0 Å². The Morgan fingerprint density at radius 1 is 0.864 bits per heavy atom. The van der Waals surface area contributed by atoms with Crippen molar-refractivity contribution in [2.24, 2.45) is 5.41 Å². The van der Waals surface area contributed by atoms with E-state index in [-0.39, 0.29) is 0 Å². The predicted molar refractivity (Wildman–Crippen MR) is 91.6 cm³/mol. The quantitative estimate of drug-likeness (QED) is 0.610. The van der Waals surface area contributed by atoms with Gasteiger partial charge < -0.3 is 4.57 Å². The van der Waals surface area contributed by atoms with Crippen LogP contribution in [0.4, 0.5) is 0 Å². The van der Waals surface area contributed by atoms with Crippen molar-refractivity contribution in [1.29, 1.82) is 0 Å². The lowest BCUT2D eigenvalue weighted by Crippen LogP contribution is -2.12. The van der Waals surface area contributed by atoms with Crippen molar-refractivity contribution < 1.29 is 0 Å². The molecule has 0 bridgehead atoms. The lowest BCUT2D eigenvalue weighted by atomic mass is 9.87. The molecule has 4 rings (SSSR count). The summed E-state index contributed by atoms with van der Waals surface area (Å²) in [4.78, 5) is 0. The average Bonchev–Trinajstić information content (AvgIpc) is 3.00. The molecule has 1 radical (unpaired) electrons. The molecule has 0 aliphatic carbocycles. The largest absolute Gasteiger partial charge is 0.342 e. The minimum atomic E-state index is 0.324. The molecule has 2 aromatic carbocycles. The van der Waals surface area contributed by atoms with Gasteiger partial charge in [-0.05, 0) is 23.0 Å². The number of rotatable bonds is 2. The first kappa shape index (κ1) is 13.4. The maximum absolute atomic E-state index is 3.65. The second kappa shape index (κ2) is 4.88. The second-order valence-corrected chi connectivity index (χ2v) is 6.97. The van der Waals surface area contributed by atoms with Crippen molar-refractivity contribution in [2.45, 2.75) is 26.8 Å². The van der Waals surface area contributed by atoms with Crippen LogP contribution in [0.3, 0.4) is 0 Å². The molecule has 1 aliphatic rings. The molecule has 0 unspecified atom stereocenters. The molecule has 2 heterocycles. The molecular formula is C21H20N. The van der Waals surface area contributed by atoms with Crippen LogP contribution in [0.15, 0.2) is 60.7 Å². The summed E-state index contributed by atoms with van der Waals surface area (Å²) < 4.78 is 2.34. The van der Waals surface area contributed by atoms with Gasteiger partial charge in [0.2, 0.25) is 0 Å². The Hall–Kier alpha value is -2.28. The molecule has 1 aromatic heterocycles. The summed E-state index contributed by atoms with van der Waals surface area (Å²) in [6.45, 7) is 5.73. The molecule has 1 nitrogen and oxygen atoms in total. The van der Waals surface area contributed by atoms with E-state index >= 15 is 0 Å². The highest BCUT2D eigenvalue weighted by Crippen LogP contribution is 2.43. The highest BCUT2D eigenvalue weighted by molar-refractivity contribution is 5.85. The summed E-state index contributed by atoms with van der Waals surface area (Å²) in [6.07, 6.45) is 4.76. The third kappa shape index (κ3) is 2.18. The minimum Gasteiger partial charge on any atom is -0.342 e. The van der Waals surface area contributed by atoms with Crippen LogP contribution in [-0.4, -0.2) is 4.57 Å². The predicted octanol–water partition coefficient (Wildman–Crippen LogP) is 5.20. The van der Waals surface area contributed by atoms with Crippen molar-refractivity contribution in [3.8, 4) is 22.3 Å². The number of hydrogen-bond donors (Lipinski definition) is 0. The maximum atomic E-state index is 3.65. The van der Waals surface area contributed by atoms with Gasteiger partial charge in [0, 0.05) is 23.4 Å². The summed E-state index contributed by atoms with van der Waals surface area (Å²) in [7, 11) is 0. The monoisotopic (exact) mass is 286 g/mol. The fourth-order valence-electron chi connectivity index (χ4n) is 3.52. The zero-order valence-corrected chi connectivity index (χ0v) is 13.1. The van der Waals surface area contributed by atoms with Crippen LogP contribution in [-0.2, 0) is 13.0 Å². The van der Waals surface area contributed by atoms with Gasteiger partial charge in [-0.1, -0.05) is 74.5 Å². The first-order chi connectivity index (χ1) is 10.6. The van der Waals surface area contributed by atoms with Gasteiger partial charge in [-0.15, -0.1) is 0 Å². The fourth-order valence-corrected chi connectivity index (χ4v) is 3.52. The summed E-state index contributed by atoms with van der Waals surface area (Å²) in [5.74, 6) is 0. The van der Waals surface area contributed by atoms with Gasteiger partial charge in [-0.2, -0.15) is 0 Å². The SMILES string of the molecule is CC1(C)Cc2c(-c3ccccc3)c(-c3ccccc3)[c]n2C1. The van der Waals surface area contributed by atoms with Gasteiger partial charge in [-0.3, -0.25) is 0 Å². The Morgan fingerprint density at radius 2 is 1.45 bits per heavy atom. The number of aromatic nitrogens is 1. The smallest absolute Gasteiger partial charge is 0.0743 e.